The predicted octanol–water partition coefficient (Wildman–Crippen LogP) is 11.3. The van der Waals surface area contributed by atoms with Crippen LogP contribution in [0.3, 0.4) is 0 Å². The normalized spacial score (nSPS) is 13.8. The highest BCUT2D eigenvalue weighted by Crippen LogP contribution is 2.48. The fourth-order valence-electron chi connectivity index (χ4n) is 7.60. The van der Waals surface area contributed by atoms with E-state index in [2.05, 4.69) is 91.0 Å². The van der Waals surface area contributed by atoms with Crippen molar-refractivity contribution in [2.45, 2.75) is 12.3 Å². The molecule has 7 aromatic carbocycles. The summed E-state index contributed by atoms with van der Waals surface area (Å²) in [7, 11) is 0. The molecule has 1 aliphatic carbocycles. The van der Waals surface area contributed by atoms with Crippen molar-refractivity contribution in [1.82, 2.24) is 15.0 Å². The molecule has 0 saturated carbocycles. The minimum absolute atomic E-state index is 0.111. The second-order valence-electron chi connectivity index (χ2n) is 12.7. The molecule has 9 aromatic rings. The average molecular weight is 628 g/mol. The van der Waals surface area contributed by atoms with E-state index in [9.17, 15) is 0 Å². The fraction of sp³-hybridized carbons (Fsp3) is 0.0444. The van der Waals surface area contributed by atoms with Crippen LogP contribution in [-0.2, 0) is 6.42 Å². The summed E-state index contributed by atoms with van der Waals surface area (Å²) in [6.45, 7) is 0. The van der Waals surface area contributed by atoms with Crippen molar-refractivity contribution in [3.63, 3.8) is 0 Å². The number of hydrogen-bond acceptors (Lipinski definition) is 4. The van der Waals surface area contributed by atoms with Crippen LogP contribution in [0.5, 0.6) is 0 Å². The van der Waals surface area contributed by atoms with Gasteiger partial charge in [0.05, 0.1) is 0 Å². The molecule has 10 rings (SSSR count). The number of rotatable bonds is 4. The molecule has 4 heteroatoms. The lowest BCUT2D eigenvalue weighted by atomic mass is 9.74. The van der Waals surface area contributed by atoms with Gasteiger partial charge in [0.2, 0.25) is 0 Å². The predicted molar refractivity (Wildman–Crippen MR) is 198 cm³/mol. The maximum absolute atomic E-state index is 6.83. The van der Waals surface area contributed by atoms with E-state index in [0.29, 0.717) is 17.5 Å². The fourth-order valence-corrected chi connectivity index (χ4v) is 7.60. The van der Waals surface area contributed by atoms with E-state index >= 15 is 0 Å². The van der Waals surface area contributed by atoms with Crippen LogP contribution in [-0.4, -0.2) is 15.0 Å². The number of nitrogens with zero attached hydrogens (tertiary/aromatic N) is 3. The molecule has 0 aliphatic heterocycles. The van der Waals surface area contributed by atoms with Gasteiger partial charge in [-0.15, -0.1) is 0 Å². The largest absolute Gasteiger partial charge is 0.456 e. The smallest absolute Gasteiger partial charge is 0.164 e. The first-order valence-electron chi connectivity index (χ1n) is 16.7. The number of benzene rings is 7. The third-order valence-corrected chi connectivity index (χ3v) is 9.89. The van der Waals surface area contributed by atoms with Crippen LogP contribution >= 0.6 is 0 Å². The van der Waals surface area contributed by atoms with Crippen molar-refractivity contribution >= 4 is 32.7 Å². The molecule has 0 radical (unpaired) electrons. The highest BCUT2D eigenvalue weighted by atomic mass is 16.3. The van der Waals surface area contributed by atoms with E-state index in [0.717, 1.165) is 45.0 Å². The number of para-hydroxylation sites is 1. The van der Waals surface area contributed by atoms with Gasteiger partial charge >= 0.3 is 0 Å². The van der Waals surface area contributed by atoms with E-state index in [4.69, 9.17) is 19.4 Å². The molecule has 1 unspecified atom stereocenters. The summed E-state index contributed by atoms with van der Waals surface area (Å²) in [5, 5.41) is 4.61. The third kappa shape index (κ3) is 4.56. The summed E-state index contributed by atoms with van der Waals surface area (Å²) in [4.78, 5) is 15.2. The molecule has 0 saturated heterocycles. The van der Waals surface area contributed by atoms with E-state index in [1.807, 2.05) is 66.7 Å². The Labute approximate surface area is 283 Å². The van der Waals surface area contributed by atoms with Crippen LogP contribution in [0.1, 0.15) is 22.6 Å². The molecule has 49 heavy (non-hydrogen) atoms. The van der Waals surface area contributed by atoms with Crippen molar-refractivity contribution in [2.75, 3.05) is 0 Å². The van der Waals surface area contributed by atoms with E-state index in [-0.39, 0.29) is 5.92 Å². The second-order valence-corrected chi connectivity index (χ2v) is 12.7. The molecule has 1 atom stereocenters. The summed E-state index contributed by atoms with van der Waals surface area (Å²) >= 11 is 0. The highest BCUT2D eigenvalue weighted by Gasteiger charge is 2.30. The number of fused-ring (bicyclic) bond motifs is 7. The van der Waals surface area contributed by atoms with E-state index in [1.165, 1.54) is 38.6 Å². The van der Waals surface area contributed by atoms with Crippen LogP contribution in [0.15, 0.2) is 162 Å². The standard InChI is InChI=1S/C45H29N3O/c1-3-13-28(14-4-1)43-46-44(29-15-5-2-6-16-29)48-45(47-43)37-24-23-35(42-41(37)36-21-11-12-22-40(36)49-42)39-27-32-25-30-17-7-8-18-31(30)26-38(32)33-19-9-10-20-34(33)39/h1-26,39H,27H2. The molecule has 1 aliphatic rings. The molecular formula is C45H29N3O. The first-order chi connectivity index (χ1) is 24.3. The molecule has 0 fully saturated rings. The first-order valence-corrected chi connectivity index (χ1v) is 16.7. The van der Waals surface area contributed by atoms with E-state index in [1.54, 1.807) is 0 Å². The van der Waals surface area contributed by atoms with E-state index < -0.39 is 0 Å². The van der Waals surface area contributed by atoms with Gasteiger partial charge in [-0.3, -0.25) is 0 Å². The summed E-state index contributed by atoms with van der Waals surface area (Å²) in [6, 6.07) is 55.2. The first kappa shape index (κ1) is 27.7. The maximum atomic E-state index is 6.83. The topological polar surface area (TPSA) is 51.8 Å². The van der Waals surface area contributed by atoms with Gasteiger partial charge in [-0.25, -0.2) is 15.0 Å². The van der Waals surface area contributed by atoms with Gasteiger partial charge in [-0.05, 0) is 57.6 Å². The van der Waals surface area contributed by atoms with Gasteiger partial charge in [0.1, 0.15) is 11.2 Å². The molecule has 2 aromatic heterocycles. The average Bonchev–Trinajstić information content (AvgIpc) is 3.57. The van der Waals surface area contributed by atoms with Crippen molar-refractivity contribution in [3.8, 4) is 45.3 Å². The van der Waals surface area contributed by atoms with Gasteiger partial charge in [-0.1, -0.05) is 140 Å². The summed E-state index contributed by atoms with van der Waals surface area (Å²) in [5.74, 6) is 2.01. The minimum Gasteiger partial charge on any atom is -0.456 e. The number of furan rings is 1. The monoisotopic (exact) mass is 627 g/mol. The lowest BCUT2D eigenvalue weighted by Crippen LogP contribution is -2.13. The van der Waals surface area contributed by atoms with Gasteiger partial charge in [0.25, 0.3) is 0 Å². The zero-order valence-corrected chi connectivity index (χ0v) is 26.5. The zero-order valence-electron chi connectivity index (χ0n) is 26.5. The Balaban J connectivity index is 1.21. The Bertz CT molecular complexity index is 2640. The van der Waals surface area contributed by atoms with Gasteiger partial charge in [-0.2, -0.15) is 0 Å². The maximum Gasteiger partial charge on any atom is 0.164 e. The van der Waals surface area contributed by atoms with Gasteiger partial charge in [0, 0.05) is 38.9 Å². The Hall–Kier alpha value is -6.39. The quantitative estimate of drug-likeness (QED) is 0.195. The Morgan fingerprint density at radius 1 is 0.469 bits per heavy atom. The van der Waals surface area contributed by atoms with Crippen molar-refractivity contribution < 1.29 is 4.42 Å². The molecule has 0 bridgehead atoms. The number of hydrogen-bond donors (Lipinski definition) is 0. The van der Waals surface area contributed by atoms with Crippen LogP contribution in [0.25, 0.3) is 78.0 Å². The second kappa shape index (κ2) is 11.1. The SMILES string of the molecule is c1ccc(-c2nc(-c3ccccc3)nc(-c3ccc(C4Cc5cc6ccccc6cc5-c5ccccc54)c4oc5ccccc5c34)n2)cc1. The van der Waals surface area contributed by atoms with Crippen molar-refractivity contribution in [2.24, 2.45) is 0 Å². The van der Waals surface area contributed by atoms with Gasteiger partial charge < -0.3 is 4.42 Å². The van der Waals surface area contributed by atoms with Crippen molar-refractivity contribution in [1.29, 1.82) is 0 Å². The van der Waals surface area contributed by atoms with Crippen molar-refractivity contribution in [3.05, 3.63) is 174 Å². The highest BCUT2D eigenvalue weighted by molar-refractivity contribution is 6.13. The molecule has 0 N–H and O–H groups in total. The lowest BCUT2D eigenvalue weighted by molar-refractivity contribution is 0.654. The molecular weight excluding hydrogens is 599 g/mol. The molecule has 230 valence electrons. The lowest BCUT2D eigenvalue weighted by Gasteiger charge is -2.29. The summed E-state index contributed by atoms with van der Waals surface area (Å²) in [6.07, 6.45) is 0.880. The Morgan fingerprint density at radius 2 is 1.08 bits per heavy atom. The molecule has 0 amide bonds. The van der Waals surface area contributed by atoms with Crippen LogP contribution in [0.4, 0.5) is 0 Å². The molecule has 2 heterocycles. The Morgan fingerprint density at radius 3 is 1.84 bits per heavy atom. The Kier molecular flexibility index (Phi) is 6.28. The van der Waals surface area contributed by atoms with Crippen LogP contribution in [0, 0.1) is 0 Å². The summed E-state index contributed by atoms with van der Waals surface area (Å²) < 4.78 is 6.83. The molecule has 0 spiro atoms. The molecule has 4 nitrogen and oxygen atoms in total. The third-order valence-electron chi connectivity index (χ3n) is 9.89. The zero-order chi connectivity index (χ0) is 32.3. The number of aromatic nitrogens is 3. The van der Waals surface area contributed by atoms with Gasteiger partial charge in [0.15, 0.2) is 17.5 Å². The summed E-state index contributed by atoms with van der Waals surface area (Å²) in [5.41, 5.74) is 11.0. The van der Waals surface area contributed by atoms with Crippen LogP contribution in [0.2, 0.25) is 0 Å². The minimum atomic E-state index is 0.111. The van der Waals surface area contributed by atoms with Crippen LogP contribution < -0.4 is 0 Å².